The van der Waals surface area contributed by atoms with Crippen molar-refractivity contribution in [3.8, 4) is 0 Å². The first-order valence-electron chi connectivity index (χ1n) is 7.07. The van der Waals surface area contributed by atoms with Gasteiger partial charge in [0.15, 0.2) is 0 Å². The van der Waals surface area contributed by atoms with Crippen LogP contribution in [0.15, 0.2) is 36.4 Å². The molecular formula is C18H24. The third-order valence-electron chi connectivity index (χ3n) is 3.31. The van der Waals surface area contributed by atoms with E-state index in [2.05, 4.69) is 64.1 Å². The van der Waals surface area contributed by atoms with Crippen LogP contribution in [0.4, 0.5) is 0 Å². The van der Waals surface area contributed by atoms with Crippen LogP contribution in [0.25, 0.3) is 10.8 Å². The van der Waals surface area contributed by atoms with E-state index < -0.39 is 0 Å². The van der Waals surface area contributed by atoms with Gasteiger partial charge in [-0.25, -0.2) is 0 Å². The van der Waals surface area contributed by atoms with Crippen molar-refractivity contribution in [2.24, 2.45) is 11.8 Å². The van der Waals surface area contributed by atoms with E-state index in [0.717, 1.165) is 5.92 Å². The number of hydrogen-bond donors (Lipinski definition) is 0. The molecule has 0 aliphatic rings. The van der Waals surface area contributed by atoms with E-state index in [0.29, 0.717) is 5.92 Å². The van der Waals surface area contributed by atoms with Gasteiger partial charge in [0.25, 0.3) is 0 Å². The predicted molar refractivity (Wildman–Crippen MR) is 81.0 cm³/mol. The van der Waals surface area contributed by atoms with Gasteiger partial charge in [-0.15, -0.1) is 0 Å². The summed E-state index contributed by atoms with van der Waals surface area (Å²) in [7, 11) is 0. The zero-order valence-corrected chi connectivity index (χ0v) is 12.0. The molecule has 18 heavy (non-hydrogen) atoms. The SMILES string of the molecule is CC(C)Cc1ccc2cccc(CC(C)C)c2c1. The molecule has 0 atom stereocenters. The average molecular weight is 240 g/mol. The van der Waals surface area contributed by atoms with Crippen LogP contribution < -0.4 is 0 Å². The molecule has 0 bridgehead atoms. The second-order valence-electron chi connectivity index (χ2n) is 6.17. The molecule has 2 aromatic carbocycles. The van der Waals surface area contributed by atoms with Gasteiger partial charge in [0, 0.05) is 0 Å². The molecule has 0 aliphatic carbocycles. The summed E-state index contributed by atoms with van der Waals surface area (Å²) >= 11 is 0. The molecule has 0 N–H and O–H groups in total. The monoisotopic (exact) mass is 240 g/mol. The molecule has 0 heteroatoms. The summed E-state index contributed by atoms with van der Waals surface area (Å²) < 4.78 is 0. The predicted octanol–water partition coefficient (Wildman–Crippen LogP) is 5.24. The molecule has 2 aromatic rings. The Morgan fingerprint density at radius 3 is 2.22 bits per heavy atom. The fourth-order valence-corrected chi connectivity index (χ4v) is 2.60. The molecule has 0 radical (unpaired) electrons. The summed E-state index contributed by atoms with van der Waals surface area (Å²) in [6.07, 6.45) is 2.34. The van der Waals surface area contributed by atoms with Crippen molar-refractivity contribution in [2.75, 3.05) is 0 Å². The quantitative estimate of drug-likeness (QED) is 0.686. The van der Waals surface area contributed by atoms with Gasteiger partial charge >= 0.3 is 0 Å². The average Bonchev–Trinajstić information content (AvgIpc) is 2.28. The van der Waals surface area contributed by atoms with Crippen molar-refractivity contribution >= 4 is 10.8 Å². The van der Waals surface area contributed by atoms with Gasteiger partial charge in [-0.1, -0.05) is 64.1 Å². The maximum absolute atomic E-state index is 2.40. The molecule has 0 fully saturated rings. The van der Waals surface area contributed by atoms with Crippen LogP contribution >= 0.6 is 0 Å². The van der Waals surface area contributed by atoms with Crippen LogP contribution in [0.2, 0.25) is 0 Å². The Kier molecular flexibility index (Phi) is 4.06. The van der Waals surface area contributed by atoms with Gasteiger partial charge in [-0.05, 0) is 46.6 Å². The molecule has 0 saturated heterocycles. The summed E-state index contributed by atoms with van der Waals surface area (Å²) in [5.41, 5.74) is 2.96. The lowest BCUT2D eigenvalue weighted by Crippen LogP contribution is -1.97. The summed E-state index contributed by atoms with van der Waals surface area (Å²) in [5.74, 6) is 1.43. The van der Waals surface area contributed by atoms with E-state index in [1.54, 1.807) is 0 Å². The van der Waals surface area contributed by atoms with E-state index in [1.165, 1.54) is 34.7 Å². The van der Waals surface area contributed by atoms with Gasteiger partial charge in [-0.3, -0.25) is 0 Å². The topological polar surface area (TPSA) is 0 Å². The van der Waals surface area contributed by atoms with Crippen molar-refractivity contribution in [3.63, 3.8) is 0 Å². The Balaban J connectivity index is 2.44. The van der Waals surface area contributed by atoms with E-state index in [-0.39, 0.29) is 0 Å². The third kappa shape index (κ3) is 3.13. The third-order valence-corrected chi connectivity index (χ3v) is 3.31. The molecule has 0 saturated carbocycles. The molecule has 0 amide bonds. The Labute approximate surface area is 111 Å². The normalized spacial score (nSPS) is 11.7. The molecule has 0 aromatic heterocycles. The molecule has 0 unspecified atom stereocenters. The lowest BCUT2D eigenvalue weighted by Gasteiger charge is -2.11. The van der Waals surface area contributed by atoms with Crippen molar-refractivity contribution in [1.29, 1.82) is 0 Å². The number of benzene rings is 2. The highest BCUT2D eigenvalue weighted by Gasteiger charge is 2.05. The lowest BCUT2D eigenvalue weighted by atomic mass is 9.94. The van der Waals surface area contributed by atoms with E-state index in [1.807, 2.05) is 0 Å². The summed E-state index contributed by atoms with van der Waals surface area (Å²) in [5, 5.41) is 2.82. The fourth-order valence-electron chi connectivity index (χ4n) is 2.60. The summed E-state index contributed by atoms with van der Waals surface area (Å²) in [6, 6.07) is 13.6. The second-order valence-corrected chi connectivity index (χ2v) is 6.17. The maximum Gasteiger partial charge on any atom is -0.0149 e. The summed E-state index contributed by atoms with van der Waals surface area (Å²) in [6.45, 7) is 9.14. The second kappa shape index (κ2) is 5.56. The Bertz CT molecular complexity index is 521. The Morgan fingerprint density at radius 2 is 1.56 bits per heavy atom. The zero-order chi connectivity index (χ0) is 13.1. The first kappa shape index (κ1) is 13.1. The minimum Gasteiger partial charge on any atom is -0.0625 e. The molecular weight excluding hydrogens is 216 g/mol. The van der Waals surface area contributed by atoms with Crippen LogP contribution in [-0.2, 0) is 12.8 Å². The van der Waals surface area contributed by atoms with Gasteiger partial charge in [0.05, 0.1) is 0 Å². The number of hydrogen-bond acceptors (Lipinski definition) is 0. The molecule has 0 nitrogen and oxygen atoms in total. The molecule has 0 heterocycles. The van der Waals surface area contributed by atoms with Crippen molar-refractivity contribution in [2.45, 2.75) is 40.5 Å². The highest BCUT2D eigenvalue weighted by Crippen LogP contribution is 2.23. The zero-order valence-electron chi connectivity index (χ0n) is 12.0. The molecule has 0 aliphatic heterocycles. The smallest absolute Gasteiger partial charge is 0.0149 e. The molecule has 2 rings (SSSR count). The maximum atomic E-state index is 2.40. The van der Waals surface area contributed by atoms with Gasteiger partial charge < -0.3 is 0 Å². The minimum absolute atomic E-state index is 0.712. The van der Waals surface area contributed by atoms with E-state index in [9.17, 15) is 0 Å². The Morgan fingerprint density at radius 1 is 0.833 bits per heavy atom. The number of fused-ring (bicyclic) bond motifs is 1. The first-order chi connectivity index (χ1) is 8.56. The van der Waals surface area contributed by atoms with Crippen LogP contribution in [0.1, 0.15) is 38.8 Å². The Hall–Kier alpha value is -1.30. The highest BCUT2D eigenvalue weighted by atomic mass is 14.1. The highest BCUT2D eigenvalue weighted by molar-refractivity contribution is 5.86. The van der Waals surface area contributed by atoms with Gasteiger partial charge in [0.1, 0.15) is 0 Å². The molecule has 0 spiro atoms. The van der Waals surface area contributed by atoms with Crippen molar-refractivity contribution in [1.82, 2.24) is 0 Å². The number of rotatable bonds is 4. The fraction of sp³-hybridized carbons (Fsp3) is 0.444. The van der Waals surface area contributed by atoms with Gasteiger partial charge in [-0.2, -0.15) is 0 Å². The van der Waals surface area contributed by atoms with Crippen LogP contribution in [0.5, 0.6) is 0 Å². The van der Waals surface area contributed by atoms with Crippen LogP contribution in [0, 0.1) is 11.8 Å². The van der Waals surface area contributed by atoms with E-state index >= 15 is 0 Å². The first-order valence-corrected chi connectivity index (χ1v) is 7.07. The van der Waals surface area contributed by atoms with Gasteiger partial charge in [0.2, 0.25) is 0 Å². The summed E-state index contributed by atoms with van der Waals surface area (Å²) in [4.78, 5) is 0. The van der Waals surface area contributed by atoms with Crippen LogP contribution in [-0.4, -0.2) is 0 Å². The lowest BCUT2D eigenvalue weighted by molar-refractivity contribution is 0.646. The minimum atomic E-state index is 0.712. The molecule has 96 valence electrons. The van der Waals surface area contributed by atoms with Crippen molar-refractivity contribution < 1.29 is 0 Å². The largest absolute Gasteiger partial charge is 0.0625 e. The standard InChI is InChI=1S/C18H24/c1-13(2)10-15-8-9-16-6-5-7-17(11-14(3)4)18(16)12-15/h5-9,12-14H,10-11H2,1-4H3. The van der Waals surface area contributed by atoms with Crippen molar-refractivity contribution in [3.05, 3.63) is 47.5 Å². The van der Waals surface area contributed by atoms with Crippen LogP contribution in [0.3, 0.4) is 0 Å². The van der Waals surface area contributed by atoms with E-state index in [4.69, 9.17) is 0 Å².